The van der Waals surface area contributed by atoms with Crippen molar-refractivity contribution in [3.63, 3.8) is 0 Å². The highest BCUT2D eigenvalue weighted by atomic mass is 32.5. The molecule has 1 heterocycles. The molecule has 30 heavy (non-hydrogen) atoms. The molecule has 2 aromatic carbocycles. The van der Waals surface area contributed by atoms with E-state index in [1.807, 2.05) is 0 Å². The van der Waals surface area contributed by atoms with Gasteiger partial charge in [0.15, 0.2) is 11.4 Å². The normalized spacial score (nSPS) is 24.5. The van der Waals surface area contributed by atoms with Crippen LogP contribution in [0.2, 0.25) is 0 Å². The van der Waals surface area contributed by atoms with E-state index >= 15 is 0 Å². The molecule has 3 atom stereocenters. The third kappa shape index (κ3) is 5.08. The summed E-state index contributed by atoms with van der Waals surface area (Å²) in [6.07, 6.45) is -2.70. The molecule has 1 fully saturated rings. The summed E-state index contributed by atoms with van der Waals surface area (Å²) in [4.78, 5) is 17.3. The van der Waals surface area contributed by atoms with Gasteiger partial charge in [0, 0.05) is 0 Å². The molecular weight excluding hydrogens is 431 g/mol. The smallest absolute Gasteiger partial charge is 0.339 e. The van der Waals surface area contributed by atoms with Crippen molar-refractivity contribution < 1.29 is 33.8 Å². The van der Waals surface area contributed by atoms with Crippen LogP contribution in [0, 0.1) is 11.3 Å². The first-order valence-electron chi connectivity index (χ1n) is 8.69. The Hall–Kier alpha value is -2.68. The Morgan fingerprint density at radius 1 is 1.00 bits per heavy atom. The summed E-state index contributed by atoms with van der Waals surface area (Å²) in [7, 11) is -10.3. The number of rotatable bonds is 6. The van der Waals surface area contributed by atoms with Crippen LogP contribution >= 0.6 is 10.2 Å². The van der Waals surface area contributed by atoms with Gasteiger partial charge < -0.3 is 4.74 Å². The highest BCUT2D eigenvalue weighted by molar-refractivity contribution is 8.46. The van der Waals surface area contributed by atoms with Gasteiger partial charge in [0.1, 0.15) is 12.6 Å². The quantitative estimate of drug-likeness (QED) is 0.454. The van der Waals surface area contributed by atoms with Crippen molar-refractivity contribution in [3.8, 4) is 6.07 Å². The Balaban J connectivity index is 1.88. The van der Waals surface area contributed by atoms with Crippen LogP contribution in [-0.4, -0.2) is 28.4 Å². The maximum atomic E-state index is 13.8. The first-order chi connectivity index (χ1) is 13.9. The zero-order chi connectivity index (χ0) is 22.1. The Kier molecular flexibility index (Phi) is 5.30. The van der Waals surface area contributed by atoms with E-state index in [2.05, 4.69) is 0 Å². The fourth-order valence-corrected chi connectivity index (χ4v) is 4.41. The number of ether oxygens (including phenoxy) is 1. The maximum absolute atomic E-state index is 13.8. The Morgan fingerprint density at radius 3 is 2.03 bits per heavy atom. The minimum atomic E-state index is -10.3. The number of esters is 1. The van der Waals surface area contributed by atoms with Gasteiger partial charge in [-0.05, 0) is 11.1 Å². The molecule has 11 heteroatoms. The molecule has 1 saturated heterocycles. The van der Waals surface area contributed by atoms with E-state index in [0.717, 1.165) is 0 Å². The number of benzene rings is 2. The molecule has 0 spiro atoms. The average molecular weight is 448 g/mol. The molecule has 1 aliphatic rings. The molecule has 0 bridgehead atoms. The summed E-state index contributed by atoms with van der Waals surface area (Å²) in [5, 5.41) is 6.09. The zero-order valence-electron chi connectivity index (χ0n) is 15.3. The van der Waals surface area contributed by atoms with E-state index in [0.29, 0.717) is 16.2 Å². The number of nitrogens with zero attached hydrogens (tertiary/aromatic N) is 2. The van der Waals surface area contributed by atoms with E-state index < -0.39 is 46.7 Å². The van der Waals surface area contributed by atoms with Gasteiger partial charge in [0.2, 0.25) is 0 Å². The van der Waals surface area contributed by atoms with Crippen LogP contribution in [0.3, 0.4) is 0 Å². The lowest BCUT2D eigenvalue weighted by molar-refractivity contribution is -0.190. The standard InChI is InChI=1S/C19H17F5N2O3S/c20-30(21,22,23,24)18-16(11-25)26(12-14-7-3-1-4-8-14)29-17(18)19(27)28-13-15-9-5-2-6-10-15/h1-10,16-18H,12-13H2/t16?,17-,18-/m1/s1. The molecule has 0 N–H and O–H groups in total. The molecule has 1 aliphatic heterocycles. The highest BCUT2D eigenvalue weighted by Gasteiger charge is 2.79. The SMILES string of the molecule is N#CC1[C@@H](S(F)(F)(F)(F)F)[C@H](C(=O)OCc2ccccc2)ON1Cc1ccccc1. The van der Waals surface area contributed by atoms with Crippen molar-refractivity contribution in [2.24, 2.45) is 0 Å². The van der Waals surface area contributed by atoms with Crippen LogP contribution in [0.5, 0.6) is 0 Å². The van der Waals surface area contributed by atoms with E-state index in [1.54, 1.807) is 48.5 Å². The summed E-state index contributed by atoms with van der Waals surface area (Å²) in [5.41, 5.74) is 0.864. The van der Waals surface area contributed by atoms with Crippen molar-refractivity contribution in [1.29, 1.82) is 5.26 Å². The molecule has 3 rings (SSSR count). The van der Waals surface area contributed by atoms with Crippen molar-refractivity contribution in [1.82, 2.24) is 5.06 Å². The number of carbonyl (C=O) groups is 1. The number of hydrogen-bond acceptors (Lipinski definition) is 5. The topological polar surface area (TPSA) is 62.6 Å². The second-order valence-corrected chi connectivity index (χ2v) is 9.35. The summed E-state index contributed by atoms with van der Waals surface area (Å²) < 4.78 is 73.7. The number of hydrogen-bond donors (Lipinski definition) is 0. The molecular formula is C19H17F5N2O3S. The maximum Gasteiger partial charge on any atom is 0.339 e. The summed E-state index contributed by atoms with van der Waals surface area (Å²) in [6.45, 7) is -0.825. The van der Waals surface area contributed by atoms with Gasteiger partial charge in [-0.1, -0.05) is 80.1 Å². The first kappa shape index (κ1) is 22.0. The van der Waals surface area contributed by atoms with Gasteiger partial charge in [-0.15, -0.1) is 0 Å². The van der Waals surface area contributed by atoms with Crippen molar-refractivity contribution in [3.05, 3.63) is 71.8 Å². The largest absolute Gasteiger partial charge is 0.459 e. The predicted molar refractivity (Wildman–Crippen MR) is 99.4 cm³/mol. The molecule has 0 amide bonds. The van der Waals surface area contributed by atoms with E-state index in [9.17, 15) is 29.5 Å². The molecule has 162 valence electrons. The van der Waals surface area contributed by atoms with Gasteiger partial charge in [0.05, 0.1) is 12.6 Å². The minimum Gasteiger partial charge on any atom is -0.459 e. The third-order valence-electron chi connectivity index (χ3n) is 4.45. The number of carbonyl (C=O) groups excluding carboxylic acids is 1. The van der Waals surface area contributed by atoms with E-state index in [1.165, 1.54) is 18.2 Å². The summed E-state index contributed by atoms with van der Waals surface area (Å²) in [5.74, 6) is -1.62. The molecule has 1 unspecified atom stereocenters. The number of hydroxylamine groups is 2. The van der Waals surface area contributed by atoms with Gasteiger partial charge in [-0.3, -0.25) is 4.84 Å². The zero-order valence-corrected chi connectivity index (χ0v) is 16.2. The minimum absolute atomic E-state index is 0.397. The van der Waals surface area contributed by atoms with Gasteiger partial charge in [-0.2, -0.15) is 10.3 Å². The Labute approximate surface area is 169 Å². The summed E-state index contributed by atoms with van der Waals surface area (Å²) >= 11 is 0. The van der Waals surface area contributed by atoms with Gasteiger partial charge in [-0.25, -0.2) is 4.79 Å². The van der Waals surface area contributed by atoms with Crippen molar-refractivity contribution >= 4 is 16.2 Å². The second-order valence-electron chi connectivity index (χ2n) is 6.75. The molecule has 5 nitrogen and oxygen atoms in total. The van der Waals surface area contributed by atoms with Crippen LogP contribution < -0.4 is 0 Å². The fourth-order valence-electron chi connectivity index (χ4n) is 3.10. The Bertz CT molecular complexity index is 952. The molecule has 0 radical (unpaired) electrons. The van der Waals surface area contributed by atoms with Gasteiger partial charge in [0.25, 0.3) is 10.2 Å². The highest BCUT2D eigenvalue weighted by Crippen LogP contribution is 3.01. The molecule has 0 aliphatic carbocycles. The van der Waals surface area contributed by atoms with Crippen LogP contribution in [0.1, 0.15) is 11.1 Å². The predicted octanol–water partition coefficient (Wildman–Crippen LogP) is 5.11. The molecule has 0 saturated carbocycles. The lowest BCUT2D eigenvalue weighted by Gasteiger charge is -2.46. The first-order valence-corrected chi connectivity index (χ1v) is 10.7. The lowest BCUT2D eigenvalue weighted by atomic mass is 10.1. The van der Waals surface area contributed by atoms with E-state index in [4.69, 9.17) is 9.57 Å². The Morgan fingerprint density at radius 2 is 1.53 bits per heavy atom. The van der Waals surface area contributed by atoms with Crippen LogP contribution in [-0.2, 0) is 27.5 Å². The average Bonchev–Trinajstić information content (AvgIpc) is 3.06. The van der Waals surface area contributed by atoms with Crippen molar-refractivity contribution in [2.75, 3.05) is 0 Å². The second kappa shape index (κ2) is 7.23. The molecule has 0 aromatic heterocycles. The van der Waals surface area contributed by atoms with Gasteiger partial charge >= 0.3 is 5.97 Å². The van der Waals surface area contributed by atoms with Crippen LogP contribution in [0.4, 0.5) is 19.4 Å². The number of halogens is 5. The van der Waals surface area contributed by atoms with Crippen LogP contribution in [0.25, 0.3) is 0 Å². The number of nitriles is 1. The van der Waals surface area contributed by atoms with Crippen LogP contribution in [0.15, 0.2) is 60.7 Å². The summed E-state index contributed by atoms with van der Waals surface area (Å²) in [6, 6.07) is 14.7. The third-order valence-corrected chi connectivity index (χ3v) is 5.99. The van der Waals surface area contributed by atoms with Crippen molar-refractivity contribution in [2.45, 2.75) is 30.5 Å². The van der Waals surface area contributed by atoms with E-state index in [-0.39, 0.29) is 0 Å². The lowest BCUT2D eigenvalue weighted by Crippen LogP contribution is -2.45. The monoisotopic (exact) mass is 448 g/mol. The fraction of sp³-hybridized carbons (Fsp3) is 0.263. The molecule has 2 aromatic rings.